The Hall–Kier alpha value is 3.11. The van der Waals surface area contributed by atoms with Crippen LogP contribution in [-0.4, -0.2) is 27.2 Å². The van der Waals surface area contributed by atoms with E-state index in [1.165, 1.54) is 0 Å². The van der Waals surface area contributed by atoms with E-state index >= 15 is 0 Å². The molecule has 0 saturated heterocycles. The average molecular weight is 603 g/mol. The molecule has 0 N–H and O–H groups in total. The van der Waals surface area contributed by atoms with Crippen molar-refractivity contribution in [2.24, 2.45) is 0 Å². The van der Waals surface area contributed by atoms with Gasteiger partial charge >= 0.3 is 27.3 Å². The van der Waals surface area contributed by atoms with Gasteiger partial charge in [0.2, 0.25) is 0 Å². The predicted molar refractivity (Wildman–Crippen MR) is 54.4 cm³/mol. The fourth-order valence-corrected chi connectivity index (χ4v) is 0. The first-order chi connectivity index (χ1) is 1.73. The maximum absolute atomic E-state index is 2.32. The van der Waals surface area contributed by atoms with E-state index in [9.17, 15) is 0 Å². The van der Waals surface area contributed by atoms with Gasteiger partial charge in [0.15, 0.2) is 0 Å². The molecule has 0 aromatic heterocycles. The van der Waals surface area contributed by atoms with Crippen molar-refractivity contribution in [1.29, 1.82) is 0 Å². The molecule has 0 aliphatic rings. The number of alkyl halides is 3. The molecular formula is CH3I3Pb. The van der Waals surface area contributed by atoms with E-state index in [-0.39, 0.29) is 27.3 Å². The Bertz CT molecular complexity index is 11.6. The Labute approximate surface area is 92.8 Å². The molecule has 0 heterocycles. The molecule has 32 valence electrons. The van der Waals surface area contributed by atoms with Gasteiger partial charge in [0.25, 0.3) is 0 Å². The van der Waals surface area contributed by atoms with Crippen molar-refractivity contribution in [3.63, 3.8) is 0 Å². The van der Waals surface area contributed by atoms with Gasteiger partial charge < -0.3 is 0 Å². The molecule has 0 atom stereocenters. The summed E-state index contributed by atoms with van der Waals surface area (Å²) in [7, 11) is 0. The monoisotopic (exact) mass is 604 g/mol. The third kappa shape index (κ3) is 19.2. The standard InChI is InChI=1S/CHI3.Pb.2H/c2-1(3)4;;;/h1H;;;. The van der Waals surface area contributed by atoms with Crippen molar-refractivity contribution >= 4 is 95.1 Å². The molecule has 0 aliphatic carbocycles. The second-order valence-corrected chi connectivity index (χ2v) is 11.1. The van der Waals surface area contributed by atoms with Crippen LogP contribution in [0.2, 0.25) is 0 Å². The normalized spacial score (nSPS) is 7.20. The van der Waals surface area contributed by atoms with Gasteiger partial charge in [0.1, 0.15) is -0.0619 Å². The van der Waals surface area contributed by atoms with Crippen molar-refractivity contribution in [2.45, 2.75) is -0.0619 Å². The summed E-state index contributed by atoms with van der Waals surface area (Å²) in [4.78, 5) is 0. The zero-order chi connectivity index (χ0) is 3.58. The van der Waals surface area contributed by atoms with E-state index in [0.29, 0.717) is 0 Å². The molecule has 0 spiro atoms. The summed E-state index contributed by atoms with van der Waals surface area (Å²) < 4.78 is 0.743. The Morgan fingerprint density at radius 2 is 1.00 bits per heavy atom. The fourth-order valence-electron chi connectivity index (χ4n) is 0. The van der Waals surface area contributed by atoms with E-state index in [2.05, 4.69) is 67.8 Å². The van der Waals surface area contributed by atoms with Gasteiger partial charge in [-0.15, -0.1) is 0 Å². The van der Waals surface area contributed by atoms with E-state index in [1.54, 1.807) is 0 Å². The Morgan fingerprint density at radius 1 is 1.00 bits per heavy atom. The third-order valence-corrected chi connectivity index (χ3v) is 0. The molecule has 0 saturated carbocycles. The number of halogens is 3. The number of hydrogen-bond acceptors (Lipinski definition) is 0. The summed E-state index contributed by atoms with van der Waals surface area (Å²) in [6, 6.07) is 0. The first kappa shape index (κ1) is 11.0. The molecule has 0 bridgehead atoms. The molecule has 0 rings (SSSR count). The van der Waals surface area contributed by atoms with Crippen LogP contribution >= 0.6 is 67.8 Å². The van der Waals surface area contributed by atoms with Gasteiger partial charge in [0, 0.05) is 0 Å². The zero-order valence-electron chi connectivity index (χ0n) is 2.42. The Kier molecular flexibility index (Phi) is 15.6. The van der Waals surface area contributed by atoms with Crippen LogP contribution in [0, 0.1) is 0 Å². The van der Waals surface area contributed by atoms with Crippen molar-refractivity contribution in [3.05, 3.63) is 0 Å². The van der Waals surface area contributed by atoms with Crippen LogP contribution < -0.4 is 0 Å². The molecule has 0 amide bonds. The van der Waals surface area contributed by atoms with Crippen molar-refractivity contribution in [3.8, 4) is 0 Å². The van der Waals surface area contributed by atoms with Gasteiger partial charge in [-0.1, -0.05) is 67.8 Å². The van der Waals surface area contributed by atoms with Crippen LogP contribution in [0.5, 0.6) is 0 Å². The molecule has 2 radical (unpaired) electrons. The van der Waals surface area contributed by atoms with Crippen molar-refractivity contribution in [1.82, 2.24) is 0 Å². The summed E-state index contributed by atoms with van der Waals surface area (Å²) in [5, 5.41) is 0. The van der Waals surface area contributed by atoms with E-state index in [0.717, 1.165) is -0.0619 Å². The average Bonchev–Trinajstić information content (AvgIpc) is 0.811. The maximum atomic E-state index is 2.32. The summed E-state index contributed by atoms with van der Waals surface area (Å²) in [6.45, 7) is 0. The summed E-state index contributed by atoms with van der Waals surface area (Å²) in [5.41, 5.74) is 0. The van der Waals surface area contributed by atoms with Crippen LogP contribution in [0.1, 0.15) is 0 Å². The number of rotatable bonds is 0. The van der Waals surface area contributed by atoms with Crippen LogP contribution in [0.4, 0.5) is 0 Å². The quantitative estimate of drug-likeness (QED) is 0.225. The summed E-state index contributed by atoms with van der Waals surface area (Å²) >= 11 is 6.95. The Balaban J connectivity index is 0. The fraction of sp³-hybridized carbons (Fsp3) is 1.00. The second-order valence-electron chi connectivity index (χ2n) is 0.247. The molecule has 0 aromatic carbocycles. The van der Waals surface area contributed by atoms with Crippen molar-refractivity contribution in [2.75, 3.05) is 0 Å². The molecule has 4 heteroatoms. The number of hydrogen-bond donors (Lipinski definition) is 0. The van der Waals surface area contributed by atoms with Gasteiger partial charge in [-0.05, 0) is 0 Å². The molecule has 5 heavy (non-hydrogen) atoms. The van der Waals surface area contributed by atoms with Crippen LogP contribution in [-0.2, 0) is 0 Å². The van der Waals surface area contributed by atoms with Crippen LogP contribution in [0.15, 0.2) is 0 Å². The van der Waals surface area contributed by atoms with Gasteiger partial charge in [-0.2, -0.15) is 0 Å². The molecule has 0 unspecified atom stereocenters. The van der Waals surface area contributed by atoms with E-state index in [1.807, 2.05) is 0 Å². The molecular weight excluding hydrogens is 600 g/mol. The van der Waals surface area contributed by atoms with Gasteiger partial charge in [0.05, 0.1) is 0 Å². The van der Waals surface area contributed by atoms with Crippen LogP contribution in [0.25, 0.3) is 0 Å². The minimum atomic E-state index is 0. The van der Waals surface area contributed by atoms with E-state index < -0.39 is 0 Å². The Morgan fingerprint density at radius 3 is 1.00 bits per heavy atom. The molecule has 0 aliphatic heterocycles. The topological polar surface area (TPSA) is 0 Å². The van der Waals surface area contributed by atoms with Crippen LogP contribution in [0.3, 0.4) is 0 Å². The van der Waals surface area contributed by atoms with Crippen molar-refractivity contribution < 1.29 is 0 Å². The van der Waals surface area contributed by atoms with Gasteiger partial charge in [-0.25, -0.2) is 0 Å². The SMILES string of the molecule is IC(I)I.[PbH2]. The third-order valence-electron chi connectivity index (χ3n) is 0. The molecule has 0 aromatic rings. The first-order valence-electron chi connectivity index (χ1n) is 0.655. The first-order valence-corrected chi connectivity index (χ1v) is 4.39. The summed E-state index contributed by atoms with van der Waals surface area (Å²) in [6.07, 6.45) is 0. The molecule has 0 fully saturated rings. The molecule has 0 nitrogen and oxygen atoms in total. The minimum absolute atomic E-state index is 0. The van der Waals surface area contributed by atoms with E-state index in [4.69, 9.17) is 0 Å². The second kappa shape index (κ2) is 7.11. The summed E-state index contributed by atoms with van der Waals surface area (Å²) in [5.74, 6) is 0. The van der Waals surface area contributed by atoms with Gasteiger partial charge in [-0.3, -0.25) is 0 Å². The predicted octanol–water partition coefficient (Wildman–Crippen LogP) is 1.66. The zero-order valence-corrected chi connectivity index (χ0v) is 14.4.